The van der Waals surface area contributed by atoms with Crippen molar-refractivity contribution in [2.45, 2.75) is 6.61 Å². The molecule has 21 heavy (non-hydrogen) atoms. The summed E-state index contributed by atoms with van der Waals surface area (Å²) in [5.41, 5.74) is 7.33. The van der Waals surface area contributed by atoms with Crippen LogP contribution in [0, 0.1) is 0 Å². The van der Waals surface area contributed by atoms with Crippen LogP contribution >= 0.6 is 0 Å². The standard InChI is InChI=1S/C16H17NO4/c1-19-16(18)15-13(17)8-5-9-14(15)21-11-20-10-12-6-3-2-4-7-12/h2-9H,10-11,17H2,1H3. The SMILES string of the molecule is COC(=O)c1c(N)cccc1OCOCc1ccccc1. The Morgan fingerprint density at radius 2 is 1.86 bits per heavy atom. The summed E-state index contributed by atoms with van der Waals surface area (Å²) in [6, 6.07) is 14.7. The van der Waals surface area contributed by atoms with E-state index in [0.29, 0.717) is 18.0 Å². The summed E-state index contributed by atoms with van der Waals surface area (Å²) in [7, 11) is 1.30. The zero-order chi connectivity index (χ0) is 15.1. The first-order valence-electron chi connectivity index (χ1n) is 6.43. The maximum absolute atomic E-state index is 11.7. The lowest BCUT2D eigenvalue weighted by Gasteiger charge is -2.12. The second-order valence-electron chi connectivity index (χ2n) is 4.31. The van der Waals surface area contributed by atoms with E-state index in [1.807, 2.05) is 30.3 Å². The first-order chi connectivity index (χ1) is 10.2. The van der Waals surface area contributed by atoms with Gasteiger partial charge in [0.15, 0.2) is 6.79 Å². The number of rotatable bonds is 6. The van der Waals surface area contributed by atoms with Gasteiger partial charge in [-0.3, -0.25) is 0 Å². The number of hydrogen-bond acceptors (Lipinski definition) is 5. The Balaban J connectivity index is 1.94. The highest BCUT2D eigenvalue weighted by molar-refractivity contribution is 5.98. The van der Waals surface area contributed by atoms with Gasteiger partial charge < -0.3 is 19.9 Å². The molecule has 0 bridgehead atoms. The van der Waals surface area contributed by atoms with Gasteiger partial charge in [0, 0.05) is 5.69 Å². The Labute approximate surface area is 123 Å². The zero-order valence-corrected chi connectivity index (χ0v) is 11.7. The monoisotopic (exact) mass is 287 g/mol. The Morgan fingerprint density at radius 1 is 1.10 bits per heavy atom. The van der Waals surface area contributed by atoms with Crippen molar-refractivity contribution in [2.75, 3.05) is 19.6 Å². The fourth-order valence-corrected chi connectivity index (χ4v) is 1.83. The molecule has 2 rings (SSSR count). The molecular weight excluding hydrogens is 270 g/mol. The van der Waals surface area contributed by atoms with Crippen LogP contribution in [0.3, 0.4) is 0 Å². The third-order valence-corrected chi connectivity index (χ3v) is 2.86. The molecule has 0 saturated heterocycles. The number of carbonyl (C=O) groups is 1. The first-order valence-corrected chi connectivity index (χ1v) is 6.43. The highest BCUT2D eigenvalue weighted by atomic mass is 16.7. The lowest BCUT2D eigenvalue weighted by atomic mass is 10.1. The van der Waals surface area contributed by atoms with Gasteiger partial charge in [0.25, 0.3) is 0 Å². The van der Waals surface area contributed by atoms with E-state index in [-0.39, 0.29) is 12.4 Å². The van der Waals surface area contributed by atoms with E-state index in [0.717, 1.165) is 5.56 Å². The van der Waals surface area contributed by atoms with Crippen molar-refractivity contribution in [3.05, 3.63) is 59.7 Å². The minimum atomic E-state index is -0.536. The highest BCUT2D eigenvalue weighted by Gasteiger charge is 2.16. The van der Waals surface area contributed by atoms with Crippen molar-refractivity contribution >= 4 is 11.7 Å². The highest BCUT2D eigenvalue weighted by Crippen LogP contribution is 2.25. The van der Waals surface area contributed by atoms with Crippen LogP contribution in [0.25, 0.3) is 0 Å². The number of benzene rings is 2. The van der Waals surface area contributed by atoms with Crippen molar-refractivity contribution < 1.29 is 19.0 Å². The Kier molecular flexibility index (Phi) is 5.17. The number of anilines is 1. The van der Waals surface area contributed by atoms with Crippen LogP contribution in [0.15, 0.2) is 48.5 Å². The van der Waals surface area contributed by atoms with Crippen LogP contribution in [0.5, 0.6) is 5.75 Å². The Hall–Kier alpha value is -2.53. The molecule has 2 aromatic rings. The van der Waals surface area contributed by atoms with Crippen LogP contribution in [-0.2, 0) is 16.1 Å². The van der Waals surface area contributed by atoms with Gasteiger partial charge in [-0.1, -0.05) is 36.4 Å². The second-order valence-corrected chi connectivity index (χ2v) is 4.31. The number of nitrogens with two attached hydrogens (primary N) is 1. The van der Waals surface area contributed by atoms with Gasteiger partial charge in [-0.15, -0.1) is 0 Å². The largest absolute Gasteiger partial charge is 0.467 e. The summed E-state index contributed by atoms with van der Waals surface area (Å²) in [4.78, 5) is 11.7. The van der Waals surface area contributed by atoms with Crippen LogP contribution < -0.4 is 10.5 Å². The molecule has 0 aliphatic carbocycles. The van der Waals surface area contributed by atoms with E-state index in [2.05, 4.69) is 0 Å². The summed E-state index contributed by atoms with van der Waals surface area (Å²) >= 11 is 0. The van der Waals surface area contributed by atoms with Crippen molar-refractivity contribution in [2.24, 2.45) is 0 Å². The molecule has 0 atom stereocenters. The topological polar surface area (TPSA) is 70.8 Å². The summed E-state index contributed by atoms with van der Waals surface area (Å²) in [5.74, 6) is -0.193. The summed E-state index contributed by atoms with van der Waals surface area (Å²) in [5, 5.41) is 0. The number of nitrogen functional groups attached to an aromatic ring is 1. The van der Waals surface area contributed by atoms with Crippen LogP contribution in [-0.4, -0.2) is 19.9 Å². The van der Waals surface area contributed by atoms with Gasteiger partial charge >= 0.3 is 5.97 Å². The molecule has 2 N–H and O–H groups in total. The van der Waals surface area contributed by atoms with E-state index in [1.165, 1.54) is 7.11 Å². The number of carbonyl (C=O) groups excluding carboxylic acids is 1. The van der Waals surface area contributed by atoms with E-state index in [1.54, 1.807) is 18.2 Å². The summed E-state index contributed by atoms with van der Waals surface area (Å²) in [6.07, 6.45) is 0. The number of esters is 1. The normalized spacial score (nSPS) is 10.1. The maximum Gasteiger partial charge on any atom is 0.343 e. The van der Waals surface area contributed by atoms with Gasteiger partial charge in [-0.05, 0) is 17.7 Å². The molecule has 0 unspecified atom stereocenters. The van der Waals surface area contributed by atoms with E-state index in [4.69, 9.17) is 19.9 Å². The molecule has 0 saturated carbocycles. The van der Waals surface area contributed by atoms with Crippen LogP contribution in [0.1, 0.15) is 15.9 Å². The molecule has 0 fully saturated rings. The molecule has 0 aliphatic rings. The van der Waals surface area contributed by atoms with Crippen molar-refractivity contribution in [1.29, 1.82) is 0 Å². The Morgan fingerprint density at radius 3 is 2.57 bits per heavy atom. The smallest absolute Gasteiger partial charge is 0.343 e. The minimum Gasteiger partial charge on any atom is -0.467 e. The number of methoxy groups -OCH3 is 1. The van der Waals surface area contributed by atoms with Gasteiger partial charge in [0.2, 0.25) is 0 Å². The molecule has 0 aromatic heterocycles. The van der Waals surface area contributed by atoms with Crippen molar-refractivity contribution in [3.63, 3.8) is 0 Å². The molecule has 0 aliphatic heterocycles. The molecular formula is C16H17NO4. The van der Waals surface area contributed by atoms with E-state index in [9.17, 15) is 4.79 Å². The second kappa shape index (κ2) is 7.31. The lowest BCUT2D eigenvalue weighted by molar-refractivity contribution is 0.00420. The molecule has 0 radical (unpaired) electrons. The lowest BCUT2D eigenvalue weighted by Crippen LogP contribution is -2.11. The third kappa shape index (κ3) is 3.97. The first kappa shape index (κ1) is 14.9. The molecule has 2 aromatic carbocycles. The molecule has 0 amide bonds. The van der Waals surface area contributed by atoms with Gasteiger partial charge in [0.1, 0.15) is 11.3 Å². The minimum absolute atomic E-state index is 0.0162. The van der Waals surface area contributed by atoms with Crippen LogP contribution in [0.4, 0.5) is 5.69 Å². The quantitative estimate of drug-likeness (QED) is 0.383. The molecule has 0 spiro atoms. The predicted molar refractivity (Wildman–Crippen MR) is 78.9 cm³/mol. The predicted octanol–water partition coefficient (Wildman–Crippen LogP) is 2.61. The van der Waals surface area contributed by atoms with Crippen molar-refractivity contribution in [3.8, 4) is 5.75 Å². The molecule has 110 valence electrons. The molecule has 5 heteroatoms. The van der Waals surface area contributed by atoms with Gasteiger partial charge in [-0.2, -0.15) is 0 Å². The van der Waals surface area contributed by atoms with E-state index < -0.39 is 5.97 Å². The maximum atomic E-state index is 11.7. The van der Waals surface area contributed by atoms with E-state index >= 15 is 0 Å². The number of hydrogen-bond donors (Lipinski definition) is 1. The summed E-state index contributed by atoms with van der Waals surface area (Å²) in [6.45, 7) is 0.444. The van der Waals surface area contributed by atoms with Crippen LogP contribution in [0.2, 0.25) is 0 Å². The Bertz CT molecular complexity index is 598. The third-order valence-electron chi connectivity index (χ3n) is 2.86. The average Bonchev–Trinajstić information content (AvgIpc) is 2.52. The zero-order valence-electron chi connectivity index (χ0n) is 11.7. The fourth-order valence-electron chi connectivity index (χ4n) is 1.83. The molecule has 0 heterocycles. The number of ether oxygens (including phenoxy) is 3. The van der Waals surface area contributed by atoms with Crippen molar-refractivity contribution in [1.82, 2.24) is 0 Å². The average molecular weight is 287 g/mol. The fraction of sp³-hybridized carbons (Fsp3) is 0.188. The molecule has 5 nitrogen and oxygen atoms in total. The summed E-state index contributed by atoms with van der Waals surface area (Å²) < 4.78 is 15.6. The van der Waals surface area contributed by atoms with Gasteiger partial charge in [0.05, 0.1) is 13.7 Å². The van der Waals surface area contributed by atoms with Gasteiger partial charge in [-0.25, -0.2) is 4.79 Å².